The van der Waals surface area contributed by atoms with Crippen LogP contribution in [0.5, 0.6) is 0 Å². The van der Waals surface area contributed by atoms with Gasteiger partial charge in [0.05, 0.1) is 30.9 Å². The van der Waals surface area contributed by atoms with E-state index in [1.807, 2.05) is 29.6 Å². The molecule has 0 N–H and O–H groups in total. The number of benzene rings is 1. The van der Waals surface area contributed by atoms with E-state index in [1.54, 1.807) is 0 Å². The fourth-order valence-electron chi connectivity index (χ4n) is 3.26. The summed E-state index contributed by atoms with van der Waals surface area (Å²) in [5.74, 6) is 0.312. The Bertz CT molecular complexity index is 674. The van der Waals surface area contributed by atoms with Gasteiger partial charge in [-0.25, -0.2) is 4.98 Å². The smallest absolute Gasteiger partial charge is 0.223 e. The molecule has 1 fully saturated rings. The van der Waals surface area contributed by atoms with E-state index >= 15 is 0 Å². The zero-order valence-corrected chi connectivity index (χ0v) is 11.7. The first-order valence-electron chi connectivity index (χ1n) is 7.31. The van der Waals surface area contributed by atoms with E-state index in [-0.39, 0.29) is 11.8 Å². The first-order valence-corrected chi connectivity index (χ1v) is 7.31. The van der Waals surface area contributed by atoms with Gasteiger partial charge in [0.1, 0.15) is 0 Å². The number of carbonyl (C=O) groups is 1. The maximum atomic E-state index is 12.5. The highest BCUT2D eigenvalue weighted by molar-refractivity contribution is 5.78. The summed E-state index contributed by atoms with van der Waals surface area (Å²) in [6, 6.07) is 8.25. The SMILES string of the molecule is O=C(CC1c2ccccc2-n2cncc21)N1CCOCC1. The van der Waals surface area contributed by atoms with Gasteiger partial charge in [0.2, 0.25) is 5.91 Å². The number of hydrogen-bond acceptors (Lipinski definition) is 3. The Labute approximate surface area is 123 Å². The molecule has 1 unspecified atom stereocenters. The molecule has 0 saturated carbocycles. The van der Waals surface area contributed by atoms with E-state index in [9.17, 15) is 4.79 Å². The van der Waals surface area contributed by atoms with E-state index in [0.717, 1.165) is 11.4 Å². The molecule has 3 heterocycles. The molecule has 2 aliphatic heterocycles. The summed E-state index contributed by atoms with van der Waals surface area (Å²) < 4.78 is 7.40. The predicted octanol–water partition coefficient (Wildman–Crippen LogP) is 1.57. The second-order valence-electron chi connectivity index (χ2n) is 5.50. The van der Waals surface area contributed by atoms with Gasteiger partial charge in [-0.1, -0.05) is 18.2 Å². The molecule has 2 aromatic rings. The lowest BCUT2D eigenvalue weighted by molar-refractivity contribution is -0.135. The molecule has 0 spiro atoms. The van der Waals surface area contributed by atoms with Gasteiger partial charge in [0.15, 0.2) is 0 Å². The minimum absolute atomic E-state index is 0.110. The van der Waals surface area contributed by atoms with Crippen molar-refractivity contribution in [2.24, 2.45) is 0 Å². The summed E-state index contributed by atoms with van der Waals surface area (Å²) in [5, 5.41) is 0. The van der Waals surface area contributed by atoms with Crippen molar-refractivity contribution >= 4 is 5.91 Å². The number of para-hydroxylation sites is 1. The van der Waals surface area contributed by atoms with E-state index in [4.69, 9.17) is 4.74 Å². The number of amides is 1. The third kappa shape index (κ3) is 2.05. The molecular formula is C16H17N3O2. The van der Waals surface area contributed by atoms with Crippen molar-refractivity contribution in [2.75, 3.05) is 26.3 Å². The molecule has 1 aromatic heterocycles. The highest BCUT2D eigenvalue weighted by Gasteiger charge is 2.32. The maximum absolute atomic E-state index is 12.5. The molecule has 21 heavy (non-hydrogen) atoms. The number of hydrogen-bond donors (Lipinski definition) is 0. The van der Waals surface area contributed by atoms with Crippen molar-refractivity contribution in [3.63, 3.8) is 0 Å². The van der Waals surface area contributed by atoms with Crippen LogP contribution in [0.3, 0.4) is 0 Å². The molecule has 0 radical (unpaired) electrons. The molecule has 5 nitrogen and oxygen atoms in total. The van der Waals surface area contributed by atoms with Crippen LogP contribution < -0.4 is 0 Å². The largest absolute Gasteiger partial charge is 0.378 e. The molecule has 1 amide bonds. The average molecular weight is 283 g/mol. The minimum Gasteiger partial charge on any atom is -0.378 e. The molecule has 4 rings (SSSR count). The van der Waals surface area contributed by atoms with Crippen molar-refractivity contribution in [2.45, 2.75) is 12.3 Å². The molecule has 0 bridgehead atoms. The molecule has 108 valence electrons. The fourth-order valence-corrected chi connectivity index (χ4v) is 3.26. The van der Waals surface area contributed by atoms with Gasteiger partial charge < -0.3 is 14.2 Å². The number of carbonyl (C=O) groups excluding carboxylic acids is 1. The van der Waals surface area contributed by atoms with Gasteiger partial charge >= 0.3 is 0 Å². The third-order valence-electron chi connectivity index (χ3n) is 4.34. The molecule has 2 aliphatic rings. The summed E-state index contributed by atoms with van der Waals surface area (Å²) in [6.07, 6.45) is 4.20. The van der Waals surface area contributed by atoms with Gasteiger partial charge in [-0.15, -0.1) is 0 Å². The van der Waals surface area contributed by atoms with Crippen molar-refractivity contribution in [3.8, 4) is 5.69 Å². The Morgan fingerprint density at radius 3 is 2.95 bits per heavy atom. The van der Waals surface area contributed by atoms with Gasteiger partial charge in [-0.3, -0.25) is 4.79 Å². The summed E-state index contributed by atoms with van der Waals surface area (Å²) in [5.41, 5.74) is 3.47. The van der Waals surface area contributed by atoms with Crippen LogP contribution in [-0.2, 0) is 9.53 Å². The number of nitrogens with zero attached hydrogens (tertiary/aromatic N) is 3. The Morgan fingerprint density at radius 1 is 1.29 bits per heavy atom. The van der Waals surface area contributed by atoms with Crippen LogP contribution in [0.1, 0.15) is 23.6 Å². The van der Waals surface area contributed by atoms with Crippen LogP contribution in [0.15, 0.2) is 36.8 Å². The minimum atomic E-state index is 0.110. The molecular weight excluding hydrogens is 266 g/mol. The lowest BCUT2D eigenvalue weighted by Gasteiger charge is -2.28. The summed E-state index contributed by atoms with van der Waals surface area (Å²) >= 11 is 0. The lowest BCUT2D eigenvalue weighted by Crippen LogP contribution is -2.41. The van der Waals surface area contributed by atoms with Crippen molar-refractivity contribution < 1.29 is 9.53 Å². The highest BCUT2D eigenvalue weighted by atomic mass is 16.5. The number of imidazole rings is 1. The number of rotatable bonds is 2. The van der Waals surface area contributed by atoms with E-state index in [0.29, 0.717) is 32.7 Å². The number of fused-ring (bicyclic) bond motifs is 3. The van der Waals surface area contributed by atoms with Gasteiger partial charge in [-0.2, -0.15) is 0 Å². The Kier molecular flexibility index (Phi) is 3.00. The van der Waals surface area contributed by atoms with Gasteiger partial charge in [0, 0.05) is 31.6 Å². The van der Waals surface area contributed by atoms with Crippen LogP contribution in [0.2, 0.25) is 0 Å². The summed E-state index contributed by atoms with van der Waals surface area (Å²) in [4.78, 5) is 18.7. The normalized spacial score (nSPS) is 20.2. The average Bonchev–Trinajstić information content (AvgIpc) is 3.11. The maximum Gasteiger partial charge on any atom is 0.223 e. The topological polar surface area (TPSA) is 47.4 Å². The Morgan fingerprint density at radius 2 is 2.10 bits per heavy atom. The molecule has 1 atom stereocenters. The standard InChI is InChI=1S/C16H17N3O2/c20-16(18-5-7-21-8-6-18)9-13-12-3-1-2-4-14(12)19-11-17-10-15(13)19/h1-4,10-11,13H,5-9H2. The van der Waals surface area contributed by atoms with Crippen LogP contribution >= 0.6 is 0 Å². The first kappa shape index (κ1) is 12.6. The van der Waals surface area contributed by atoms with Crippen LogP contribution in [0.4, 0.5) is 0 Å². The second kappa shape index (κ2) is 5.00. The Balaban J connectivity index is 1.62. The zero-order valence-electron chi connectivity index (χ0n) is 11.7. The van der Waals surface area contributed by atoms with E-state index < -0.39 is 0 Å². The van der Waals surface area contributed by atoms with E-state index in [2.05, 4.69) is 21.7 Å². The van der Waals surface area contributed by atoms with Crippen molar-refractivity contribution in [1.29, 1.82) is 0 Å². The predicted molar refractivity (Wildman–Crippen MR) is 77.4 cm³/mol. The summed E-state index contributed by atoms with van der Waals surface area (Å²) in [6.45, 7) is 2.69. The number of ether oxygens (including phenoxy) is 1. The quantitative estimate of drug-likeness (QED) is 0.840. The third-order valence-corrected chi connectivity index (χ3v) is 4.34. The fraction of sp³-hybridized carbons (Fsp3) is 0.375. The van der Waals surface area contributed by atoms with E-state index in [1.165, 1.54) is 5.56 Å². The number of morpholine rings is 1. The first-order chi connectivity index (χ1) is 10.3. The zero-order chi connectivity index (χ0) is 14.2. The van der Waals surface area contributed by atoms with Crippen molar-refractivity contribution in [3.05, 3.63) is 48.0 Å². The highest BCUT2D eigenvalue weighted by Crippen LogP contribution is 2.39. The van der Waals surface area contributed by atoms with Crippen molar-refractivity contribution in [1.82, 2.24) is 14.5 Å². The molecule has 1 saturated heterocycles. The van der Waals surface area contributed by atoms with Crippen LogP contribution in [0.25, 0.3) is 5.69 Å². The van der Waals surface area contributed by atoms with Gasteiger partial charge in [0.25, 0.3) is 0 Å². The monoisotopic (exact) mass is 283 g/mol. The number of aromatic nitrogens is 2. The van der Waals surface area contributed by atoms with Crippen LogP contribution in [-0.4, -0.2) is 46.7 Å². The lowest BCUT2D eigenvalue weighted by atomic mass is 9.94. The molecule has 5 heteroatoms. The Hall–Kier alpha value is -2.14. The summed E-state index contributed by atoms with van der Waals surface area (Å²) in [7, 11) is 0. The second-order valence-corrected chi connectivity index (χ2v) is 5.50. The van der Waals surface area contributed by atoms with Gasteiger partial charge in [-0.05, 0) is 11.6 Å². The van der Waals surface area contributed by atoms with Crippen LogP contribution in [0, 0.1) is 0 Å². The molecule has 0 aliphatic carbocycles. The molecule has 1 aromatic carbocycles.